The molecule has 0 aliphatic heterocycles. The van der Waals surface area contributed by atoms with E-state index in [1.807, 2.05) is 26.2 Å². The lowest BCUT2D eigenvalue weighted by Gasteiger charge is -2.56. The molecule has 0 amide bonds. The third-order valence-electron chi connectivity index (χ3n) is 6.79. The molecule has 6 rings (SSSR count). The molecule has 4 aliphatic carbocycles. The number of thiazole rings is 1. The SMILES string of the molecule is Cc1nn(C)cc1C=C(C#N)c1nc(C23CC4CC(CC(C4)C2)C3)cs1. The molecule has 0 spiro atoms. The minimum Gasteiger partial charge on any atom is -0.275 e. The van der Waals surface area contributed by atoms with E-state index in [1.165, 1.54) is 44.2 Å². The molecule has 0 radical (unpaired) electrons. The Kier molecular flexibility index (Phi) is 3.62. The maximum absolute atomic E-state index is 9.70. The Bertz CT molecular complexity index is 891. The van der Waals surface area contributed by atoms with E-state index in [9.17, 15) is 5.26 Å². The average molecular weight is 365 g/mol. The summed E-state index contributed by atoms with van der Waals surface area (Å²) < 4.78 is 1.79. The fourth-order valence-electron chi connectivity index (χ4n) is 6.12. The number of hydrogen-bond donors (Lipinski definition) is 0. The number of aryl methyl sites for hydroxylation is 2. The highest BCUT2D eigenvalue weighted by Crippen LogP contribution is 2.60. The largest absolute Gasteiger partial charge is 0.275 e. The Morgan fingerprint density at radius 3 is 2.46 bits per heavy atom. The van der Waals surface area contributed by atoms with Gasteiger partial charge in [-0.1, -0.05) is 0 Å². The van der Waals surface area contributed by atoms with Crippen LogP contribution in [-0.4, -0.2) is 14.8 Å². The molecule has 4 nitrogen and oxygen atoms in total. The highest BCUT2D eigenvalue weighted by atomic mass is 32.1. The van der Waals surface area contributed by atoms with E-state index >= 15 is 0 Å². The number of rotatable bonds is 3. The molecule has 0 N–H and O–H groups in total. The van der Waals surface area contributed by atoms with Crippen molar-refractivity contribution in [3.63, 3.8) is 0 Å². The van der Waals surface area contributed by atoms with E-state index in [-0.39, 0.29) is 0 Å². The molecule has 0 aromatic carbocycles. The average Bonchev–Trinajstić information content (AvgIpc) is 3.18. The molecular formula is C21H24N4S. The van der Waals surface area contributed by atoms with E-state index in [0.29, 0.717) is 11.0 Å². The van der Waals surface area contributed by atoms with Crippen molar-refractivity contribution in [3.8, 4) is 6.07 Å². The Balaban J connectivity index is 1.48. The number of hydrogen-bond acceptors (Lipinski definition) is 4. The zero-order valence-corrected chi connectivity index (χ0v) is 16.2. The first-order chi connectivity index (χ1) is 12.5. The van der Waals surface area contributed by atoms with Crippen LogP contribution in [0.1, 0.15) is 60.5 Å². The first kappa shape index (κ1) is 16.3. The molecule has 4 fully saturated rings. The first-order valence-corrected chi connectivity index (χ1v) is 10.5. The van der Waals surface area contributed by atoms with Crippen LogP contribution in [0, 0.1) is 36.0 Å². The van der Waals surface area contributed by atoms with Crippen LogP contribution in [0.15, 0.2) is 11.6 Å². The molecule has 5 heteroatoms. The molecule has 0 unspecified atom stereocenters. The van der Waals surface area contributed by atoms with Crippen molar-refractivity contribution in [2.24, 2.45) is 24.8 Å². The van der Waals surface area contributed by atoms with Crippen molar-refractivity contribution in [1.82, 2.24) is 14.8 Å². The second-order valence-electron chi connectivity index (χ2n) is 8.75. The topological polar surface area (TPSA) is 54.5 Å². The van der Waals surface area contributed by atoms with Crippen LogP contribution < -0.4 is 0 Å². The standard InChI is InChI=1S/C21H24N4S/c1-13-18(11-25(2)24-13)6-17(10-22)20-23-19(12-26-20)21-7-14-3-15(8-21)5-16(4-14)9-21/h6,11-12,14-16H,3-5,7-9H2,1-2H3. The zero-order valence-electron chi connectivity index (χ0n) is 15.4. The lowest BCUT2D eigenvalue weighted by atomic mass is 9.49. The molecule has 2 heterocycles. The van der Waals surface area contributed by atoms with Gasteiger partial charge in [0.15, 0.2) is 0 Å². The number of nitriles is 1. The summed E-state index contributed by atoms with van der Waals surface area (Å²) >= 11 is 1.63. The van der Waals surface area contributed by atoms with Crippen LogP contribution in [0.25, 0.3) is 11.6 Å². The van der Waals surface area contributed by atoms with E-state index in [0.717, 1.165) is 34.0 Å². The van der Waals surface area contributed by atoms with Gasteiger partial charge in [0.2, 0.25) is 0 Å². The van der Waals surface area contributed by atoms with Gasteiger partial charge in [0, 0.05) is 29.6 Å². The molecule has 2 aromatic heterocycles. The number of nitrogens with zero attached hydrogens (tertiary/aromatic N) is 4. The summed E-state index contributed by atoms with van der Waals surface area (Å²) in [5.41, 5.74) is 4.16. The summed E-state index contributed by atoms with van der Waals surface area (Å²) in [6.45, 7) is 1.98. The van der Waals surface area contributed by atoms with E-state index in [1.54, 1.807) is 16.0 Å². The van der Waals surface area contributed by atoms with Gasteiger partial charge in [-0.3, -0.25) is 4.68 Å². The van der Waals surface area contributed by atoms with Crippen molar-refractivity contribution >= 4 is 23.0 Å². The van der Waals surface area contributed by atoms with Crippen LogP contribution >= 0.6 is 11.3 Å². The van der Waals surface area contributed by atoms with Crippen LogP contribution in [0.3, 0.4) is 0 Å². The molecule has 4 aliphatic rings. The lowest BCUT2D eigenvalue weighted by molar-refractivity contribution is -0.00694. The smallest absolute Gasteiger partial charge is 0.134 e. The Morgan fingerprint density at radius 2 is 1.92 bits per heavy atom. The van der Waals surface area contributed by atoms with Gasteiger partial charge in [-0.25, -0.2) is 4.98 Å². The third-order valence-corrected chi connectivity index (χ3v) is 7.66. The predicted octanol–water partition coefficient (Wildman–Crippen LogP) is 4.72. The van der Waals surface area contributed by atoms with Gasteiger partial charge in [0.1, 0.15) is 11.1 Å². The van der Waals surface area contributed by atoms with E-state index in [2.05, 4.69) is 16.5 Å². The third kappa shape index (κ3) is 2.54. The molecule has 0 saturated heterocycles. The van der Waals surface area contributed by atoms with E-state index < -0.39 is 0 Å². The Hall–Kier alpha value is -1.93. The van der Waals surface area contributed by atoms with Gasteiger partial charge in [-0.2, -0.15) is 10.4 Å². The Labute approximate surface area is 158 Å². The summed E-state index contributed by atoms with van der Waals surface area (Å²) in [5, 5.41) is 17.2. The minimum atomic E-state index is 0.300. The second-order valence-corrected chi connectivity index (χ2v) is 9.61. The quantitative estimate of drug-likeness (QED) is 0.741. The van der Waals surface area contributed by atoms with Crippen molar-refractivity contribution in [2.75, 3.05) is 0 Å². The lowest BCUT2D eigenvalue weighted by Crippen LogP contribution is -2.48. The van der Waals surface area contributed by atoms with Gasteiger partial charge in [-0.05, 0) is 69.3 Å². The summed E-state index contributed by atoms with van der Waals surface area (Å²) in [6.07, 6.45) is 12.2. The second kappa shape index (κ2) is 5.79. The summed E-state index contributed by atoms with van der Waals surface area (Å²) in [6, 6.07) is 2.36. The minimum absolute atomic E-state index is 0.300. The molecule has 4 saturated carbocycles. The fourth-order valence-corrected chi connectivity index (χ4v) is 7.03. The van der Waals surface area contributed by atoms with Crippen molar-refractivity contribution in [2.45, 2.75) is 50.9 Å². The Morgan fingerprint density at radius 1 is 1.27 bits per heavy atom. The number of allylic oxidation sites excluding steroid dienone is 1. The van der Waals surface area contributed by atoms with Crippen LogP contribution in [0.5, 0.6) is 0 Å². The van der Waals surface area contributed by atoms with Gasteiger partial charge < -0.3 is 0 Å². The summed E-state index contributed by atoms with van der Waals surface area (Å²) in [4.78, 5) is 5.00. The van der Waals surface area contributed by atoms with Crippen LogP contribution in [-0.2, 0) is 12.5 Å². The van der Waals surface area contributed by atoms with E-state index in [4.69, 9.17) is 4.98 Å². The molecular weight excluding hydrogens is 340 g/mol. The maximum Gasteiger partial charge on any atom is 0.134 e. The predicted molar refractivity (Wildman–Crippen MR) is 103 cm³/mol. The highest BCUT2D eigenvalue weighted by molar-refractivity contribution is 7.11. The normalized spacial score (nSPS) is 32.8. The molecule has 134 valence electrons. The summed E-state index contributed by atoms with van der Waals surface area (Å²) in [5.74, 6) is 2.74. The van der Waals surface area contributed by atoms with Gasteiger partial charge in [-0.15, -0.1) is 11.3 Å². The van der Waals surface area contributed by atoms with Crippen molar-refractivity contribution in [1.29, 1.82) is 5.26 Å². The van der Waals surface area contributed by atoms with Gasteiger partial charge in [0.25, 0.3) is 0 Å². The first-order valence-electron chi connectivity index (χ1n) is 9.63. The number of aromatic nitrogens is 3. The molecule has 0 atom stereocenters. The highest BCUT2D eigenvalue weighted by Gasteiger charge is 2.52. The summed E-state index contributed by atoms with van der Waals surface area (Å²) in [7, 11) is 1.91. The fraction of sp³-hybridized carbons (Fsp3) is 0.571. The molecule has 26 heavy (non-hydrogen) atoms. The van der Waals surface area contributed by atoms with Gasteiger partial charge in [0.05, 0.1) is 17.0 Å². The molecule has 4 bridgehead atoms. The zero-order chi connectivity index (χ0) is 17.9. The monoisotopic (exact) mass is 364 g/mol. The maximum atomic E-state index is 9.70. The van der Waals surface area contributed by atoms with Gasteiger partial charge >= 0.3 is 0 Å². The molecule has 2 aromatic rings. The van der Waals surface area contributed by atoms with Crippen LogP contribution in [0.4, 0.5) is 0 Å². The van der Waals surface area contributed by atoms with Crippen LogP contribution in [0.2, 0.25) is 0 Å². The van der Waals surface area contributed by atoms with Crippen molar-refractivity contribution in [3.05, 3.63) is 33.5 Å². The van der Waals surface area contributed by atoms with Crippen molar-refractivity contribution < 1.29 is 0 Å².